The molecule has 1 aliphatic carbocycles. The molecule has 3 atom stereocenters. The minimum Gasteiger partial charge on any atom is -0.382 e. The third-order valence-electron chi connectivity index (χ3n) is 5.04. The van der Waals surface area contributed by atoms with E-state index < -0.39 is 0 Å². The molecule has 3 rings (SSSR count). The Kier molecular flexibility index (Phi) is 4.18. The van der Waals surface area contributed by atoms with E-state index >= 15 is 0 Å². The largest absolute Gasteiger partial charge is 0.382 e. The number of benzene rings is 1. The highest BCUT2D eigenvalue weighted by atomic mass is 16.2. The minimum atomic E-state index is 0.255. The molecule has 0 bridgehead atoms. The summed E-state index contributed by atoms with van der Waals surface area (Å²) in [7, 11) is 0. The maximum absolute atomic E-state index is 11.8. The van der Waals surface area contributed by atoms with Crippen molar-refractivity contribution in [3.63, 3.8) is 0 Å². The van der Waals surface area contributed by atoms with Gasteiger partial charge in [-0.05, 0) is 61.8 Å². The topological polar surface area (TPSA) is 32.3 Å². The molecule has 2 fully saturated rings. The van der Waals surface area contributed by atoms with E-state index in [9.17, 15) is 4.79 Å². The van der Waals surface area contributed by atoms with E-state index in [-0.39, 0.29) is 5.91 Å². The Morgan fingerprint density at radius 2 is 1.90 bits per heavy atom. The van der Waals surface area contributed by atoms with Crippen LogP contribution in [0, 0.1) is 11.8 Å². The van der Waals surface area contributed by atoms with Gasteiger partial charge in [-0.3, -0.25) is 4.79 Å². The summed E-state index contributed by atoms with van der Waals surface area (Å²) in [5.74, 6) is 1.85. The van der Waals surface area contributed by atoms with Gasteiger partial charge in [0.1, 0.15) is 0 Å². The van der Waals surface area contributed by atoms with Gasteiger partial charge in [0.05, 0.1) is 0 Å². The van der Waals surface area contributed by atoms with E-state index in [2.05, 4.69) is 43.4 Å². The lowest BCUT2D eigenvalue weighted by atomic mass is 9.80. The van der Waals surface area contributed by atoms with Gasteiger partial charge in [0.2, 0.25) is 5.91 Å². The number of carbonyl (C=O) groups is 1. The summed E-state index contributed by atoms with van der Waals surface area (Å²) < 4.78 is 0. The van der Waals surface area contributed by atoms with E-state index in [4.69, 9.17) is 0 Å². The van der Waals surface area contributed by atoms with Gasteiger partial charge in [-0.1, -0.05) is 13.8 Å². The summed E-state index contributed by atoms with van der Waals surface area (Å²) in [6.07, 6.45) is 5.57. The van der Waals surface area contributed by atoms with E-state index in [0.717, 1.165) is 30.5 Å². The number of nitrogens with one attached hydrogen (secondary N) is 1. The molecule has 1 N–H and O–H groups in total. The van der Waals surface area contributed by atoms with Crippen molar-refractivity contribution in [1.29, 1.82) is 0 Å². The molecule has 0 radical (unpaired) electrons. The highest BCUT2D eigenvalue weighted by Gasteiger charge is 2.25. The molecule has 1 aromatic carbocycles. The van der Waals surface area contributed by atoms with E-state index in [1.54, 1.807) is 0 Å². The van der Waals surface area contributed by atoms with Crippen LogP contribution in [0.4, 0.5) is 11.4 Å². The SMILES string of the molecule is CC1CCC(Nc2ccc(N3CCCC3=O)cc2)C(C)C1. The summed E-state index contributed by atoms with van der Waals surface area (Å²) in [6, 6.07) is 8.96. The van der Waals surface area contributed by atoms with Crippen LogP contribution in [0.1, 0.15) is 46.0 Å². The van der Waals surface area contributed by atoms with Gasteiger partial charge in [-0.2, -0.15) is 0 Å². The van der Waals surface area contributed by atoms with Crippen LogP contribution in [-0.4, -0.2) is 18.5 Å². The predicted octanol–water partition coefficient (Wildman–Crippen LogP) is 4.05. The monoisotopic (exact) mass is 286 g/mol. The zero-order chi connectivity index (χ0) is 14.8. The molecule has 1 aromatic rings. The third-order valence-corrected chi connectivity index (χ3v) is 5.04. The molecule has 3 unspecified atom stereocenters. The van der Waals surface area contributed by atoms with Gasteiger partial charge >= 0.3 is 0 Å². The van der Waals surface area contributed by atoms with Crippen molar-refractivity contribution in [1.82, 2.24) is 0 Å². The first-order chi connectivity index (χ1) is 10.1. The molecule has 3 nitrogen and oxygen atoms in total. The molecular formula is C18H26N2O. The summed E-state index contributed by atoms with van der Waals surface area (Å²) >= 11 is 0. The number of carbonyl (C=O) groups excluding carboxylic acids is 1. The van der Waals surface area contributed by atoms with Gasteiger partial charge in [0.25, 0.3) is 0 Å². The normalized spacial score (nSPS) is 29.7. The number of hydrogen-bond acceptors (Lipinski definition) is 2. The molecule has 1 saturated heterocycles. The van der Waals surface area contributed by atoms with E-state index in [1.165, 1.54) is 24.9 Å². The Morgan fingerprint density at radius 1 is 1.14 bits per heavy atom. The number of nitrogens with zero attached hydrogens (tertiary/aromatic N) is 1. The molecule has 0 spiro atoms. The predicted molar refractivity (Wildman–Crippen MR) is 87.6 cm³/mol. The number of rotatable bonds is 3. The fraction of sp³-hybridized carbons (Fsp3) is 0.611. The number of hydrogen-bond donors (Lipinski definition) is 1. The first kappa shape index (κ1) is 14.4. The Hall–Kier alpha value is -1.51. The van der Waals surface area contributed by atoms with Gasteiger partial charge in [0.15, 0.2) is 0 Å². The highest BCUT2D eigenvalue weighted by molar-refractivity contribution is 5.95. The number of anilines is 2. The summed E-state index contributed by atoms with van der Waals surface area (Å²) in [4.78, 5) is 13.7. The van der Waals surface area contributed by atoms with Crippen LogP contribution >= 0.6 is 0 Å². The molecule has 2 aliphatic rings. The van der Waals surface area contributed by atoms with Crippen LogP contribution in [0.3, 0.4) is 0 Å². The lowest BCUT2D eigenvalue weighted by Crippen LogP contribution is -2.33. The summed E-state index contributed by atoms with van der Waals surface area (Å²) in [5, 5.41) is 3.68. The van der Waals surface area contributed by atoms with Crippen molar-refractivity contribution in [2.75, 3.05) is 16.8 Å². The zero-order valence-electron chi connectivity index (χ0n) is 13.1. The van der Waals surface area contributed by atoms with Crippen molar-refractivity contribution < 1.29 is 4.79 Å². The fourth-order valence-corrected chi connectivity index (χ4v) is 3.75. The van der Waals surface area contributed by atoms with Crippen LogP contribution in [0.5, 0.6) is 0 Å². The van der Waals surface area contributed by atoms with E-state index in [0.29, 0.717) is 12.5 Å². The lowest BCUT2D eigenvalue weighted by molar-refractivity contribution is -0.117. The molecule has 1 amide bonds. The average Bonchev–Trinajstić information content (AvgIpc) is 2.89. The zero-order valence-corrected chi connectivity index (χ0v) is 13.1. The molecule has 21 heavy (non-hydrogen) atoms. The van der Waals surface area contributed by atoms with Gasteiger partial charge in [0, 0.05) is 30.4 Å². The first-order valence-corrected chi connectivity index (χ1v) is 8.30. The Morgan fingerprint density at radius 3 is 2.52 bits per heavy atom. The van der Waals surface area contributed by atoms with Crippen molar-refractivity contribution in [3.05, 3.63) is 24.3 Å². The smallest absolute Gasteiger partial charge is 0.227 e. The van der Waals surface area contributed by atoms with Crippen molar-refractivity contribution >= 4 is 17.3 Å². The van der Waals surface area contributed by atoms with Crippen LogP contribution in [0.15, 0.2) is 24.3 Å². The van der Waals surface area contributed by atoms with E-state index in [1.807, 2.05) is 4.90 Å². The van der Waals surface area contributed by atoms with Crippen molar-refractivity contribution in [2.45, 2.75) is 52.0 Å². The lowest BCUT2D eigenvalue weighted by Gasteiger charge is -2.34. The number of amides is 1. The molecule has 0 aromatic heterocycles. The Balaban J connectivity index is 1.63. The third kappa shape index (κ3) is 3.22. The second-order valence-electron chi connectivity index (χ2n) is 6.84. The van der Waals surface area contributed by atoms with Gasteiger partial charge in [-0.15, -0.1) is 0 Å². The molecule has 1 heterocycles. The Labute approximate surface area is 127 Å². The van der Waals surface area contributed by atoms with Gasteiger partial charge in [-0.25, -0.2) is 0 Å². The molecule has 3 heteroatoms. The standard InChI is InChI=1S/C18H26N2O/c1-13-5-10-17(14(2)12-13)19-15-6-8-16(9-7-15)20-11-3-4-18(20)21/h6-9,13-14,17,19H,3-5,10-12H2,1-2H3. The van der Waals surface area contributed by atoms with Crippen LogP contribution < -0.4 is 10.2 Å². The van der Waals surface area contributed by atoms with Crippen molar-refractivity contribution in [3.8, 4) is 0 Å². The Bertz CT molecular complexity index is 496. The van der Waals surface area contributed by atoms with Gasteiger partial charge < -0.3 is 10.2 Å². The summed E-state index contributed by atoms with van der Waals surface area (Å²) in [5.41, 5.74) is 2.21. The van der Waals surface area contributed by atoms with Crippen LogP contribution in [0.2, 0.25) is 0 Å². The van der Waals surface area contributed by atoms with Crippen molar-refractivity contribution in [2.24, 2.45) is 11.8 Å². The van der Waals surface area contributed by atoms with Crippen LogP contribution in [-0.2, 0) is 4.79 Å². The quantitative estimate of drug-likeness (QED) is 0.909. The maximum Gasteiger partial charge on any atom is 0.227 e. The molecule has 114 valence electrons. The second kappa shape index (κ2) is 6.08. The molecule has 1 saturated carbocycles. The second-order valence-corrected chi connectivity index (χ2v) is 6.84. The maximum atomic E-state index is 11.8. The summed E-state index contributed by atoms with van der Waals surface area (Å²) in [6.45, 7) is 5.57. The fourth-order valence-electron chi connectivity index (χ4n) is 3.75. The first-order valence-electron chi connectivity index (χ1n) is 8.30. The van der Waals surface area contributed by atoms with Crippen LogP contribution in [0.25, 0.3) is 0 Å². The minimum absolute atomic E-state index is 0.255. The molecule has 1 aliphatic heterocycles. The average molecular weight is 286 g/mol. The molecular weight excluding hydrogens is 260 g/mol. The highest BCUT2D eigenvalue weighted by Crippen LogP contribution is 2.31.